The van der Waals surface area contributed by atoms with Gasteiger partial charge in [0.2, 0.25) is 17.0 Å². The molecule has 0 unspecified atom stereocenters. The van der Waals surface area contributed by atoms with E-state index in [1.807, 2.05) is 4.90 Å². The summed E-state index contributed by atoms with van der Waals surface area (Å²) >= 11 is 1.51. The zero-order valence-corrected chi connectivity index (χ0v) is 16.2. The third kappa shape index (κ3) is 5.18. The number of thioether (sulfide) groups is 1. The highest BCUT2D eigenvalue weighted by molar-refractivity contribution is 7.99. The van der Waals surface area contributed by atoms with E-state index in [0.717, 1.165) is 17.5 Å². The molecule has 0 bridgehead atoms. The van der Waals surface area contributed by atoms with Crippen molar-refractivity contribution in [2.75, 3.05) is 25.4 Å². The topological polar surface area (TPSA) is 93.0 Å². The molecule has 0 radical (unpaired) electrons. The summed E-state index contributed by atoms with van der Waals surface area (Å²) in [6, 6.07) is 0. The minimum Gasteiger partial charge on any atom is -0.355 e. The number of piperidine rings is 1. The van der Waals surface area contributed by atoms with Crippen molar-refractivity contribution in [3.63, 3.8) is 0 Å². The summed E-state index contributed by atoms with van der Waals surface area (Å²) in [6.07, 6.45) is 7.45. The van der Waals surface area contributed by atoms with Crippen molar-refractivity contribution in [1.29, 1.82) is 0 Å². The summed E-state index contributed by atoms with van der Waals surface area (Å²) in [5.41, 5.74) is 0. The predicted molar refractivity (Wildman–Crippen MR) is 98.4 cm³/mol. The monoisotopic (exact) mass is 380 g/mol. The molecular formula is C17H28N6O2S. The molecule has 1 aromatic heterocycles. The predicted octanol–water partition coefficient (Wildman–Crippen LogP) is 1.24. The van der Waals surface area contributed by atoms with E-state index < -0.39 is 0 Å². The highest BCUT2D eigenvalue weighted by atomic mass is 32.2. The van der Waals surface area contributed by atoms with E-state index in [4.69, 9.17) is 0 Å². The van der Waals surface area contributed by atoms with Gasteiger partial charge in [-0.25, -0.2) is 4.68 Å². The van der Waals surface area contributed by atoms with Crippen LogP contribution in [0.3, 0.4) is 0 Å². The zero-order chi connectivity index (χ0) is 18.4. The quantitative estimate of drug-likeness (QED) is 0.565. The Hall–Kier alpha value is -1.64. The van der Waals surface area contributed by atoms with Gasteiger partial charge in [0.15, 0.2) is 0 Å². The van der Waals surface area contributed by atoms with E-state index in [2.05, 4.69) is 20.8 Å². The molecule has 0 aromatic carbocycles. The first-order valence-electron chi connectivity index (χ1n) is 9.54. The first-order valence-corrected chi connectivity index (χ1v) is 10.5. The molecule has 1 atom stereocenters. The van der Waals surface area contributed by atoms with Crippen molar-refractivity contribution in [2.24, 2.45) is 18.9 Å². The average Bonchev–Trinajstić information content (AvgIpc) is 3.06. The summed E-state index contributed by atoms with van der Waals surface area (Å²) in [5, 5.41) is 15.0. The number of nitrogens with one attached hydrogen (secondary N) is 1. The summed E-state index contributed by atoms with van der Waals surface area (Å²) in [6.45, 7) is 1.97. The zero-order valence-electron chi connectivity index (χ0n) is 15.4. The number of carbonyl (C=O) groups excluding carboxylic acids is 2. The highest BCUT2D eigenvalue weighted by Gasteiger charge is 2.31. The molecule has 1 saturated carbocycles. The van der Waals surface area contributed by atoms with Crippen molar-refractivity contribution in [1.82, 2.24) is 30.4 Å². The van der Waals surface area contributed by atoms with Crippen molar-refractivity contribution in [3.05, 3.63) is 0 Å². The normalized spacial score (nSPS) is 21.8. The van der Waals surface area contributed by atoms with Gasteiger partial charge in [0.1, 0.15) is 0 Å². The summed E-state index contributed by atoms with van der Waals surface area (Å²) in [7, 11) is 1.79. The highest BCUT2D eigenvalue weighted by Crippen LogP contribution is 2.27. The molecule has 3 rings (SSSR count). The fourth-order valence-electron chi connectivity index (χ4n) is 3.79. The fourth-order valence-corrected chi connectivity index (χ4v) is 4.50. The number of aryl methyl sites for hydroxylation is 1. The van der Waals surface area contributed by atoms with E-state index in [0.29, 0.717) is 31.8 Å². The molecule has 2 fully saturated rings. The molecule has 2 amide bonds. The Morgan fingerprint density at radius 3 is 2.81 bits per heavy atom. The molecule has 1 N–H and O–H groups in total. The summed E-state index contributed by atoms with van der Waals surface area (Å²) in [5.74, 6) is 1.52. The fraction of sp³-hybridized carbons (Fsp3) is 0.824. The van der Waals surface area contributed by atoms with Crippen molar-refractivity contribution in [2.45, 2.75) is 50.1 Å². The van der Waals surface area contributed by atoms with Crippen molar-refractivity contribution in [3.8, 4) is 0 Å². The lowest BCUT2D eigenvalue weighted by Crippen LogP contribution is -2.47. The van der Waals surface area contributed by atoms with E-state index in [1.54, 1.807) is 11.7 Å². The first-order chi connectivity index (χ1) is 12.6. The van der Waals surface area contributed by atoms with Gasteiger partial charge in [-0.2, -0.15) is 0 Å². The maximum atomic E-state index is 12.5. The number of tetrazole rings is 1. The third-order valence-electron chi connectivity index (χ3n) is 5.29. The van der Waals surface area contributed by atoms with Crippen LogP contribution in [-0.2, 0) is 16.6 Å². The second kappa shape index (κ2) is 9.34. The third-order valence-corrected chi connectivity index (χ3v) is 6.30. The van der Waals surface area contributed by atoms with Crippen LogP contribution in [0.5, 0.6) is 0 Å². The molecular weight excluding hydrogens is 352 g/mol. The summed E-state index contributed by atoms with van der Waals surface area (Å²) < 4.78 is 1.61. The Labute approximate surface area is 158 Å². The molecule has 1 aliphatic heterocycles. The minimum atomic E-state index is -0.0854. The van der Waals surface area contributed by atoms with Gasteiger partial charge in [-0.1, -0.05) is 31.0 Å². The Morgan fingerprint density at radius 1 is 1.27 bits per heavy atom. The molecule has 144 valence electrons. The number of hydrogen-bond acceptors (Lipinski definition) is 6. The lowest BCUT2D eigenvalue weighted by molar-refractivity contribution is -0.139. The molecule has 8 nitrogen and oxygen atoms in total. The number of nitrogens with zero attached hydrogens (tertiary/aromatic N) is 5. The van der Waals surface area contributed by atoms with Gasteiger partial charge >= 0.3 is 0 Å². The smallest absolute Gasteiger partial charge is 0.224 e. The molecule has 1 saturated heterocycles. The Morgan fingerprint density at radius 2 is 2.08 bits per heavy atom. The van der Waals surface area contributed by atoms with Crippen LogP contribution in [-0.4, -0.2) is 62.3 Å². The van der Waals surface area contributed by atoms with E-state index in [-0.39, 0.29) is 17.7 Å². The maximum absolute atomic E-state index is 12.5. The van der Waals surface area contributed by atoms with Gasteiger partial charge in [-0.15, -0.1) is 5.10 Å². The molecule has 1 aromatic rings. The van der Waals surface area contributed by atoms with Crippen LogP contribution in [0.25, 0.3) is 0 Å². The molecule has 2 heterocycles. The largest absolute Gasteiger partial charge is 0.355 e. The standard InChI is InChI=1S/C17H28N6O2S/c1-22-17(19-20-21-22)26-10-9-18-16(25)14-7-8-15(24)23(12-14)11-13-5-3-2-4-6-13/h13-14H,2-12H2,1H3,(H,18,25)/t14-/m0/s1. The second-order valence-corrected chi connectivity index (χ2v) is 8.32. The van der Waals surface area contributed by atoms with Crippen molar-refractivity contribution >= 4 is 23.6 Å². The molecule has 2 aliphatic rings. The van der Waals surface area contributed by atoms with Gasteiger partial charge in [0, 0.05) is 38.9 Å². The molecule has 9 heteroatoms. The lowest BCUT2D eigenvalue weighted by Gasteiger charge is -2.35. The van der Waals surface area contributed by atoms with Crippen molar-refractivity contribution < 1.29 is 9.59 Å². The van der Waals surface area contributed by atoms with Crippen LogP contribution in [0.4, 0.5) is 0 Å². The second-order valence-electron chi connectivity index (χ2n) is 7.26. The number of amides is 2. The van der Waals surface area contributed by atoms with E-state index in [9.17, 15) is 9.59 Å². The number of carbonyl (C=O) groups is 2. The maximum Gasteiger partial charge on any atom is 0.224 e. The van der Waals surface area contributed by atoms with E-state index in [1.165, 1.54) is 43.9 Å². The van der Waals surface area contributed by atoms with Gasteiger partial charge in [-0.3, -0.25) is 9.59 Å². The Kier molecular flexibility index (Phi) is 6.87. The van der Waals surface area contributed by atoms with Gasteiger partial charge in [0.05, 0.1) is 5.92 Å². The number of rotatable bonds is 7. The average molecular weight is 381 g/mol. The number of likely N-dealkylation sites (tertiary alicyclic amines) is 1. The molecule has 0 spiro atoms. The first kappa shape index (κ1) is 19.1. The molecule has 26 heavy (non-hydrogen) atoms. The van der Waals surface area contributed by atoms with Crippen LogP contribution < -0.4 is 5.32 Å². The van der Waals surface area contributed by atoms with Crippen LogP contribution in [0.1, 0.15) is 44.9 Å². The van der Waals surface area contributed by atoms with Crippen LogP contribution in [0, 0.1) is 11.8 Å². The minimum absolute atomic E-state index is 0.0582. The van der Waals surface area contributed by atoms with Crippen LogP contribution in [0.2, 0.25) is 0 Å². The number of aromatic nitrogens is 4. The lowest BCUT2D eigenvalue weighted by atomic mass is 9.87. The van der Waals surface area contributed by atoms with E-state index >= 15 is 0 Å². The number of hydrogen-bond donors (Lipinski definition) is 1. The van der Waals surface area contributed by atoms with Gasteiger partial charge in [-0.05, 0) is 35.6 Å². The van der Waals surface area contributed by atoms with Crippen LogP contribution in [0.15, 0.2) is 5.16 Å². The SMILES string of the molecule is Cn1nnnc1SCCNC(=O)[C@H]1CCC(=O)N(CC2CCCCC2)C1. The Balaban J connectivity index is 1.40. The van der Waals surface area contributed by atoms with Crippen LogP contribution >= 0.6 is 11.8 Å². The summed E-state index contributed by atoms with van der Waals surface area (Å²) in [4.78, 5) is 26.6. The molecule has 1 aliphatic carbocycles. The van der Waals surface area contributed by atoms with Gasteiger partial charge < -0.3 is 10.2 Å². The van der Waals surface area contributed by atoms with Gasteiger partial charge in [0.25, 0.3) is 0 Å². The Bertz CT molecular complexity index is 616.